The number of ether oxygens (including phenoxy) is 1. The van der Waals surface area contributed by atoms with Gasteiger partial charge in [-0.3, -0.25) is 4.79 Å². The van der Waals surface area contributed by atoms with Crippen LogP contribution < -0.4 is 4.90 Å². The van der Waals surface area contributed by atoms with Crippen LogP contribution in [0, 0.1) is 0 Å². The molecule has 1 fully saturated rings. The molecule has 1 atom stereocenters. The lowest BCUT2D eigenvalue weighted by Gasteiger charge is -2.28. The molecule has 1 aliphatic rings. The fourth-order valence-corrected chi connectivity index (χ4v) is 3.41. The number of anilines is 1. The van der Waals surface area contributed by atoms with E-state index in [9.17, 15) is 4.79 Å². The topological polar surface area (TPSA) is 89.3 Å². The van der Waals surface area contributed by atoms with Crippen molar-refractivity contribution in [3.63, 3.8) is 0 Å². The van der Waals surface area contributed by atoms with Crippen LogP contribution in [0.4, 0.5) is 5.95 Å². The Kier molecular flexibility index (Phi) is 5.91. The molecular weight excluding hydrogens is 406 g/mol. The zero-order valence-electron chi connectivity index (χ0n) is 16.8. The molecule has 10 heteroatoms. The summed E-state index contributed by atoms with van der Waals surface area (Å²) in [5, 5.41) is 4.35. The number of amides is 1. The van der Waals surface area contributed by atoms with E-state index in [0.717, 1.165) is 11.3 Å². The predicted molar refractivity (Wildman–Crippen MR) is 112 cm³/mol. The Labute approximate surface area is 179 Å². The van der Waals surface area contributed by atoms with E-state index in [2.05, 4.69) is 20.1 Å². The molecule has 0 radical (unpaired) electrons. The molecule has 0 spiro atoms. The highest BCUT2D eigenvalue weighted by Crippen LogP contribution is 2.25. The lowest BCUT2D eigenvalue weighted by Crippen LogP contribution is -2.38. The molecule has 0 unspecified atom stereocenters. The highest BCUT2D eigenvalue weighted by Gasteiger charge is 2.24. The second-order valence-corrected chi connectivity index (χ2v) is 7.40. The zero-order chi connectivity index (χ0) is 21.1. The van der Waals surface area contributed by atoms with Gasteiger partial charge in [-0.2, -0.15) is 5.10 Å². The van der Waals surface area contributed by atoms with Gasteiger partial charge in [0.25, 0.3) is 5.91 Å². The summed E-state index contributed by atoms with van der Waals surface area (Å²) in [7, 11) is 1.74. The number of nitrogens with zero attached hydrogens (tertiary/aromatic N) is 7. The van der Waals surface area contributed by atoms with E-state index in [4.69, 9.17) is 16.3 Å². The third-order valence-corrected chi connectivity index (χ3v) is 5.46. The van der Waals surface area contributed by atoms with Crippen LogP contribution in [0.5, 0.6) is 0 Å². The minimum atomic E-state index is -0.259. The number of rotatable bonds is 5. The second kappa shape index (κ2) is 8.76. The number of carbonyl (C=O) groups excluding carboxylic acids is 1. The Morgan fingerprint density at radius 1 is 1.23 bits per heavy atom. The van der Waals surface area contributed by atoms with Gasteiger partial charge in [0.15, 0.2) is 5.69 Å². The van der Waals surface area contributed by atoms with Gasteiger partial charge in [0.1, 0.15) is 12.7 Å². The molecule has 0 aliphatic carbocycles. The maximum atomic E-state index is 13.2. The number of carbonyl (C=O) groups is 1. The monoisotopic (exact) mass is 427 g/mol. The van der Waals surface area contributed by atoms with Crippen molar-refractivity contribution in [1.82, 2.24) is 29.6 Å². The molecule has 1 amide bonds. The van der Waals surface area contributed by atoms with Crippen molar-refractivity contribution >= 4 is 23.5 Å². The van der Waals surface area contributed by atoms with Gasteiger partial charge < -0.3 is 14.5 Å². The van der Waals surface area contributed by atoms with Crippen LogP contribution in [0.3, 0.4) is 0 Å². The molecule has 3 aromatic rings. The summed E-state index contributed by atoms with van der Waals surface area (Å²) in [5.41, 5.74) is 2.07. The average Bonchev–Trinajstić information content (AvgIpc) is 3.34. The molecule has 30 heavy (non-hydrogen) atoms. The molecule has 2 aromatic heterocycles. The first-order chi connectivity index (χ1) is 14.5. The van der Waals surface area contributed by atoms with Crippen LogP contribution >= 0.6 is 11.6 Å². The predicted octanol–water partition coefficient (Wildman–Crippen LogP) is 2.38. The quantitative estimate of drug-likeness (QED) is 0.617. The van der Waals surface area contributed by atoms with Gasteiger partial charge in [-0.1, -0.05) is 23.7 Å². The fourth-order valence-electron chi connectivity index (χ4n) is 3.24. The summed E-state index contributed by atoms with van der Waals surface area (Å²) in [5.74, 6) is 0.231. The Morgan fingerprint density at radius 2 is 1.97 bits per heavy atom. The van der Waals surface area contributed by atoms with Gasteiger partial charge in [0.2, 0.25) is 5.95 Å². The highest BCUT2D eigenvalue weighted by atomic mass is 35.5. The summed E-state index contributed by atoms with van der Waals surface area (Å²) in [6.45, 7) is 4.53. The van der Waals surface area contributed by atoms with Crippen molar-refractivity contribution in [3.05, 3.63) is 59.4 Å². The molecule has 0 N–H and O–H groups in total. The molecule has 1 aromatic carbocycles. The minimum Gasteiger partial charge on any atom is -0.378 e. The maximum Gasteiger partial charge on any atom is 0.274 e. The molecule has 4 rings (SSSR count). The molecule has 1 saturated heterocycles. The van der Waals surface area contributed by atoms with Crippen LogP contribution in [-0.2, 0) is 4.74 Å². The molecule has 0 saturated carbocycles. The average molecular weight is 428 g/mol. The third-order valence-electron chi connectivity index (χ3n) is 5.19. The zero-order valence-corrected chi connectivity index (χ0v) is 17.5. The number of hydrogen-bond acceptors (Lipinski definition) is 7. The largest absolute Gasteiger partial charge is 0.378 e. The Balaban J connectivity index is 1.52. The number of hydrogen-bond donors (Lipinski definition) is 0. The lowest BCUT2D eigenvalue weighted by atomic mass is 10.1. The highest BCUT2D eigenvalue weighted by molar-refractivity contribution is 6.33. The standard InChI is InChI=1S/C20H22ClN7O2/c1-14(15-3-5-16(6-4-15)28-13-22-12-24-28)26(2)19(29)18-17(21)11-23-20(25-18)27-7-9-30-10-8-27/h3-6,11-14H,7-10H2,1-2H3/t14-/m1/s1. The molecule has 1 aliphatic heterocycles. The van der Waals surface area contributed by atoms with Gasteiger partial charge in [0, 0.05) is 20.1 Å². The third kappa shape index (κ3) is 4.12. The van der Waals surface area contributed by atoms with Crippen molar-refractivity contribution in [3.8, 4) is 5.69 Å². The van der Waals surface area contributed by atoms with Crippen molar-refractivity contribution in [1.29, 1.82) is 0 Å². The van der Waals surface area contributed by atoms with Gasteiger partial charge in [0.05, 0.1) is 36.2 Å². The van der Waals surface area contributed by atoms with E-state index >= 15 is 0 Å². The van der Waals surface area contributed by atoms with E-state index in [1.807, 2.05) is 36.1 Å². The van der Waals surface area contributed by atoms with Gasteiger partial charge in [-0.15, -0.1) is 0 Å². The van der Waals surface area contributed by atoms with Crippen LogP contribution in [0.2, 0.25) is 5.02 Å². The molecule has 3 heterocycles. The smallest absolute Gasteiger partial charge is 0.274 e. The Hall–Kier alpha value is -3.04. The van der Waals surface area contributed by atoms with Gasteiger partial charge in [-0.05, 0) is 24.6 Å². The first-order valence-electron chi connectivity index (χ1n) is 9.62. The van der Waals surface area contributed by atoms with Gasteiger partial charge in [-0.25, -0.2) is 19.6 Å². The Morgan fingerprint density at radius 3 is 2.63 bits per heavy atom. The first kappa shape index (κ1) is 20.2. The molecular formula is C20H22ClN7O2. The maximum absolute atomic E-state index is 13.2. The lowest BCUT2D eigenvalue weighted by molar-refractivity contribution is 0.0736. The van der Waals surface area contributed by atoms with E-state index in [1.54, 1.807) is 23.0 Å². The van der Waals surface area contributed by atoms with Crippen molar-refractivity contribution in [2.45, 2.75) is 13.0 Å². The SMILES string of the molecule is C[C@H](c1ccc(-n2cncn2)cc1)N(C)C(=O)c1nc(N2CCOCC2)ncc1Cl. The summed E-state index contributed by atoms with van der Waals surface area (Å²) in [6.07, 6.45) is 4.61. The van der Waals surface area contributed by atoms with Gasteiger partial charge >= 0.3 is 0 Å². The van der Waals surface area contributed by atoms with Crippen LogP contribution in [-0.4, -0.2) is 68.9 Å². The fraction of sp³-hybridized carbons (Fsp3) is 0.350. The summed E-state index contributed by atoms with van der Waals surface area (Å²) in [6, 6.07) is 7.62. The van der Waals surface area contributed by atoms with E-state index < -0.39 is 0 Å². The van der Waals surface area contributed by atoms with Crippen molar-refractivity contribution in [2.24, 2.45) is 0 Å². The molecule has 0 bridgehead atoms. The normalized spacial score (nSPS) is 15.1. The van der Waals surface area contributed by atoms with E-state index in [-0.39, 0.29) is 22.7 Å². The second-order valence-electron chi connectivity index (χ2n) is 6.99. The number of aromatic nitrogens is 5. The van der Waals surface area contributed by atoms with Crippen LogP contribution in [0.15, 0.2) is 43.1 Å². The van der Waals surface area contributed by atoms with Crippen LogP contribution in [0.1, 0.15) is 29.0 Å². The summed E-state index contributed by atoms with van der Waals surface area (Å²) >= 11 is 6.27. The Bertz CT molecular complexity index is 1000. The van der Waals surface area contributed by atoms with E-state index in [1.165, 1.54) is 12.5 Å². The number of halogens is 1. The number of benzene rings is 1. The van der Waals surface area contributed by atoms with Crippen molar-refractivity contribution < 1.29 is 9.53 Å². The minimum absolute atomic E-state index is 0.180. The van der Waals surface area contributed by atoms with Crippen LogP contribution in [0.25, 0.3) is 5.69 Å². The first-order valence-corrected chi connectivity index (χ1v) is 9.99. The summed E-state index contributed by atoms with van der Waals surface area (Å²) in [4.78, 5) is 29.5. The molecule has 156 valence electrons. The summed E-state index contributed by atoms with van der Waals surface area (Å²) < 4.78 is 7.04. The van der Waals surface area contributed by atoms with Crippen molar-refractivity contribution in [2.75, 3.05) is 38.3 Å². The molecule has 9 nitrogen and oxygen atoms in total. The number of morpholine rings is 1. The van der Waals surface area contributed by atoms with E-state index in [0.29, 0.717) is 32.3 Å².